The molecule has 5 heteroatoms. The van der Waals surface area contributed by atoms with Crippen molar-refractivity contribution in [3.63, 3.8) is 0 Å². The Labute approximate surface area is 79.3 Å². The highest BCUT2D eigenvalue weighted by molar-refractivity contribution is 9.09. The molecule has 12 heavy (non-hydrogen) atoms. The molecule has 0 bridgehead atoms. The molecule has 70 valence electrons. The van der Waals surface area contributed by atoms with Crippen LogP contribution in [0.25, 0.3) is 0 Å². The summed E-state index contributed by atoms with van der Waals surface area (Å²) in [4.78, 5) is 21.4. The van der Waals surface area contributed by atoms with Gasteiger partial charge in [-0.05, 0) is 0 Å². The first-order valence-corrected chi connectivity index (χ1v) is 4.55. The first-order valence-electron chi connectivity index (χ1n) is 3.42. The van der Waals surface area contributed by atoms with Gasteiger partial charge in [-0.15, -0.1) is 0 Å². The molecule has 0 aliphatic heterocycles. The molecular weight excluding hydrogens is 228 g/mol. The van der Waals surface area contributed by atoms with Crippen LogP contribution in [-0.2, 0) is 19.1 Å². The highest BCUT2D eigenvalue weighted by Crippen LogP contribution is 2.03. The molecule has 1 atom stereocenters. The van der Waals surface area contributed by atoms with E-state index in [0.717, 1.165) is 0 Å². The van der Waals surface area contributed by atoms with Crippen LogP contribution in [0.4, 0.5) is 0 Å². The van der Waals surface area contributed by atoms with Gasteiger partial charge in [0.05, 0.1) is 7.11 Å². The molecule has 0 aliphatic rings. The first-order chi connectivity index (χ1) is 5.61. The van der Waals surface area contributed by atoms with Gasteiger partial charge in [-0.1, -0.05) is 15.9 Å². The summed E-state index contributed by atoms with van der Waals surface area (Å²) >= 11 is 3.14. The molecule has 0 aliphatic carbocycles. The molecule has 0 aromatic heterocycles. The number of carbonyl (C=O) groups excluding carboxylic acids is 2. The predicted molar refractivity (Wildman–Crippen MR) is 46.0 cm³/mol. The molecule has 0 saturated heterocycles. The molecule has 0 N–H and O–H groups in total. The average Bonchev–Trinajstić information content (AvgIpc) is 2.01. The Hall–Kier alpha value is -0.580. The summed E-state index contributed by atoms with van der Waals surface area (Å²) in [6.45, 7) is 1.25. The Morgan fingerprint density at radius 2 is 2.08 bits per heavy atom. The Kier molecular flexibility index (Phi) is 5.70. The summed E-state index contributed by atoms with van der Waals surface area (Å²) in [7, 11) is 1.26. The van der Waals surface area contributed by atoms with Crippen LogP contribution in [0, 0.1) is 0 Å². The van der Waals surface area contributed by atoms with E-state index in [2.05, 4.69) is 20.7 Å². The maximum Gasteiger partial charge on any atom is 0.347 e. The van der Waals surface area contributed by atoms with Crippen LogP contribution in [-0.4, -0.2) is 30.5 Å². The summed E-state index contributed by atoms with van der Waals surface area (Å²) in [5.74, 6) is -1.00. The second-order valence-electron chi connectivity index (χ2n) is 2.10. The molecule has 0 aromatic rings. The van der Waals surface area contributed by atoms with E-state index >= 15 is 0 Å². The van der Waals surface area contributed by atoms with Crippen molar-refractivity contribution in [3.8, 4) is 0 Å². The van der Waals surface area contributed by atoms with Crippen molar-refractivity contribution in [1.82, 2.24) is 0 Å². The zero-order valence-corrected chi connectivity index (χ0v) is 8.59. The van der Waals surface area contributed by atoms with Crippen LogP contribution in [0.1, 0.15) is 13.3 Å². The van der Waals surface area contributed by atoms with Gasteiger partial charge in [0.25, 0.3) is 0 Å². The molecule has 0 spiro atoms. The van der Waals surface area contributed by atoms with Crippen molar-refractivity contribution in [2.45, 2.75) is 19.4 Å². The summed E-state index contributed by atoms with van der Waals surface area (Å²) in [6.07, 6.45) is -0.362. The fraction of sp³-hybridized carbons (Fsp3) is 0.714. The normalized spacial score (nSPS) is 11.9. The smallest absolute Gasteiger partial charge is 0.347 e. The lowest BCUT2D eigenvalue weighted by atomic mass is 10.3. The number of alkyl halides is 1. The van der Waals surface area contributed by atoms with Crippen molar-refractivity contribution in [3.05, 3.63) is 0 Å². The quantitative estimate of drug-likeness (QED) is 0.539. The standard InChI is InChI=1S/C7H11BrO4/c1-5(9)12-6(3-4-8)7(10)11-2/h6H,3-4H2,1-2H3. The zero-order valence-electron chi connectivity index (χ0n) is 7.00. The highest BCUT2D eigenvalue weighted by atomic mass is 79.9. The molecule has 4 nitrogen and oxygen atoms in total. The van der Waals surface area contributed by atoms with Crippen LogP contribution < -0.4 is 0 Å². The number of methoxy groups -OCH3 is 1. The van der Waals surface area contributed by atoms with Gasteiger partial charge in [0.15, 0.2) is 6.10 Å². The minimum absolute atomic E-state index is 0.423. The van der Waals surface area contributed by atoms with Crippen molar-refractivity contribution in [2.24, 2.45) is 0 Å². The second kappa shape index (κ2) is 5.99. The number of ether oxygens (including phenoxy) is 2. The van der Waals surface area contributed by atoms with Gasteiger partial charge in [-0.2, -0.15) is 0 Å². The van der Waals surface area contributed by atoms with E-state index in [1.54, 1.807) is 0 Å². The van der Waals surface area contributed by atoms with E-state index in [1.807, 2.05) is 0 Å². The lowest BCUT2D eigenvalue weighted by Crippen LogP contribution is -2.27. The van der Waals surface area contributed by atoms with Gasteiger partial charge < -0.3 is 9.47 Å². The van der Waals surface area contributed by atoms with Gasteiger partial charge in [-0.3, -0.25) is 4.79 Å². The van der Waals surface area contributed by atoms with E-state index in [4.69, 9.17) is 4.74 Å². The van der Waals surface area contributed by atoms with Crippen LogP contribution in [0.3, 0.4) is 0 Å². The third kappa shape index (κ3) is 4.33. The molecule has 0 amide bonds. The molecule has 1 unspecified atom stereocenters. The van der Waals surface area contributed by atoms with Gasteiger partial charge in [0.2, 0.25) is 0 Å². The Morgan fingerprint density at radius 3 is 2.42 bits per heavy atom. The van der Waals surface area contributed by atoms with Gasteiger partial charge >= 0.3 is 11.9 Å². The van der Waals surface area contributed by atoms with Crippen LogP contribution in [0.15, 0.2) is 0 Å². The van der Waals surface area contributed by atoms with E-state index in [-0.39, 0.29) is 0 Å². The molecule has 0 rings (SSSR count). The third-order valence-corrected chi connectivity index (χ3v) is 1.60. The van der Waals surface area contributed by atoms with Crippen molar-refractivity contribution in [2.75, 3.05) is 12.4 Å². The SMILES string of the molecule is COC(=O)C(CCBr)OC(C)=O. The van der Waals surface area contributed by atoms with Crippen molar-refractivity contribution >= 4 is 27.9 Å². The molecule has 0 saturated carbocycles. The fourth-order valence-corrected chi connectivity index (χ4v) is 1.07. The molecule has 0 radical (unpaired) electrons. The minimum Gasteiger partial charge on any atom is -0.466 e. The van der Waals surface area contributed by atoms with Gasteiger partial charge in [0.1, 0.15) is 0 Å². The average molecular weight is 239 g/mol. The molecule has 0 aromatic carbocycles. The van der Waals surface area contributed by atoms with E-state index in [0.29, 0.717) is 11.8 Å². The van der Waals surface area contributed by atoms with E-state index in [1.165, 1.54) is 14.0 Å². The minimum atomic E-state index is -0.785. The number of rotatable bonds is 4. The Balaban J connectivity index is 4.02. The lowest BCUT2D eigenvalue weighted by Gasteiger charge is -2.12. The number of hydrogen-bond donors (Lipinski definition) is 0. The van der Waals surface area contributed by atoms with E-state index in [9.17, 15) is 9.59 Å². The molecule has 0 heterocycles. The monoisotopic (exact) mass is 238 g/mol. The topological polar surface area (TPSA) is 52.6 Å². The Bertz CT molecular complexity index is 169. The first kappa shape index (κ1) is 11.4. The zero-order chi connectivity index (χ0) is 9.56. The summed E-state index contributed by atoms with van der Waals surface area (Å²) < 4.78 is 9.13. The highest BCUT2D eigenvalue weighted by Gasteiger charge is 2.20. The molecule has 0 fully saturated rings. The third-order valence-electron chi connectivity index (χ3n) is 1.14. The maximum absolute atomic E-state index is 10.9. The van der Waals surface area contributed by atoms with Crippen LogP contribution >= 0.6 is 15.9 Å². The van der Waals surface area contributed by atoms with Crippen LogP contribution in [0.5, 0.6) is 0 Å². The summed E-state index contributed by atoms with van der Waals surface area (Å²) in [5.41, 5.74) is 0. The van der Waals surface area contributed by atoms with E-state index < -0.39 is 18.0 Å². The summed E-state index contributed by atoms with van der Waals surface area (Å²) in [5, 5.41) is 0.583. The fourth-order valence-electron chi connectivity index (χ4n) is 0.656. The van der Waals surface area contributed by atoms with Gasteiger partial charge in [-0.25, -0.2) is 4.79 Å². The number of halogens is 1. The van der Waals surface area contributed by atoms with Crippen molar-refractivity contribution in [1.29, 1.82) is 0 Å². The largest absolute Gasteiger partial charge is 0.466 e. The lowest BCUT2D eigenvalue weighted by molar-refractivity contribution is -0.164. The number of esters is 2. The van der Waals surface area contributed by atoms with Crippen molar-refractivity contribution < 1.29 is 19.1 Å². The number of carbonyl (C=O) groups is 2. The number of hydrogen-bond acceptors (Lipinski definition) is 4. The second-order valence-corrected chi connectivity index (χ2v) is 2.89. The van der Waals surface area contributed by atoms with Gasteiger partial charge in [0, 0.05) is 18.7 Å². The Morgan fingerprint density at radius 1 is 1.50 bits per heavy atom. The predicted octanol–water partition coefficient (Wildman–Crippen LogP) is 0.876. The molecular formula is C7H11BrO4. The summed E-state index contributed by atoms with van der Waals surface area (Å²) in [6, 6.07) is 0. The van der Waals surface area contributed by atoms with Crippen LogP contribution in [0.2, 0.25) is 0 Å². The maximum atomic E-state index is 10.9.